The standard InChI is InChI=1S/C27H30F3N3/c1-18-10-13-23(16-19(18)2)24(14-11-21-12-15-25(32-17-21)27(28,29)30)33-26(20(3)31-4)22-8-6-5-7-9-22/h5-10,12-13,15-17,24,26,31,33H,3,11,14H2,1-2,4H3/t24-,26?/m1/s1. The van der Waals surface area contributed by atoms with Gasteiger partial charge in [0.1, 0.15) is 5.69 Å². The Morgan fingerprint density at radius 3 is 2.27 bits per heavy atom. The highest BCUT2D eigenvalue weighted by Gasteiger charge is 2.32. The molecule has 2 N–H and O–H groups in total. The summed E-state index contributed by atoms with van der Waals surface area (Å²) in [6, 6.07) is 18.8. The summed E-state index contributed by atoms with van der Waals surface area (Å²) < 4.78 is 38.6. The van der Waals surface area contributed by atoms with E-state index in [1.807, 2.05) is 25.2 Å². The summed E-state index contributed by atoms with van der Waals surface area (Å²) in [4.78, 5) is 3.61. The lowest BCUT2D eigenvalue weighted by atomic mass is 9.94. The third kappa shape index (κ3) is 6.45. The fraction of sp³-hybridized carbons (Fsp3) is 0.296. The van der Waals surface area contributed by atoms with Crippen LogP contribution in [0.5, 0.6) is 0 Å². The van der Waals surface area contributed by atoms with Crippen molar-refractivity contribution in [3.63, 3.8) is 0 Å². The van der Waals surface area contributed by atoms with Gasteiger partial charge in [0.2, 0.25) is 0 Å². The van der Waals surface area contributed by atoms with E-state index in [0.717, 1.165) is 28.5 Å². The molecule has 33 heavy (non-hydrogen) atoms. The minimum absolute atomic E-state index is 0.0399. The lowest BCUT2D eigenvalue weighted by Crippen LogP contribution is -2.31. The van der Waals surface area contributed by atoms with Gasteiger partial charge in [0.05, 0.1) is 6.04 Å². The molecule has 2 atom stereocenters. The van der Waals surface area contributed by atoms with Crippen LogP contribution in [0.1, 0.15) is 52.0 Å². The minimum atomic E-state index is -4.43. The average Bonchev–Trinajstić information content (AvgIpc) is 2.81. The smallest absolute Gasteiger partial charge is 0.390 e. The number of nitrogens with one attached hydrogen (secondary N) is 2. The molecule has 3 rings (SSSR count). The third-order valence-electron chi connectivity index (χ3n) is 5.94. The highest BCUT2D eigenvalue weighted by atomic mass is 19.4. The number of hydrogen-bond acceptors (Lipinski definition) is 3. The molecular weight excluding hydrogens is 423 g/mol. The van der Waals surface area contributed by atoms with Crippen molar-refractivity contribution in [3.8, 4) is 0 Å². The highest BCUT2D eigenvalue weighted by Crippen LogP contribution is 2.30. The Morgan fingerprint density at radius 1 is 0.970 bits per heavy atom. The van der Waals surface area contributed by atoms with Crippen molar-refractivity contribution in [2.24, 2.45) is 0 Å². The fourth-order valence-corrected chi connectivity index (χ4v) is 3.77. The van der Waals surface area contributed by atoms with E-state index < -0.39 is 11.9 Å². The second kappa shape index (κ2) is 10.7. The minimum Gasteiger partial charge on any atom is -0.390 e. The molecule has 0 fully saturated rings. The van der Waals surface area contributed by atoms with E-state index in [2.05, 4.69) is 66.4 Å². The molecule has 0 aliphatic carbocycles. The second-order valence-electron chi connectivity index (χ2n) is 8.27. The topological polar surface area (TPSA) is 37.0 Å². The Morgan fingerprint density at radius 2 is 1.70 bits per heavy atom. The van der Waals surface area contributed by atoms with Crippen molar-refractivity contribution < 1.29 is 13.2 Å². The summed E-state index contributed by atoms with van der Waals surface area (Å²) in [6.07, 6.45) is -1.83. The van der Waals surface area contributed by atoms with E-state index >= 15 is 0 Å². The van der Waals surface area contributed by atoms with Gasteiger partial charge in [-0.2, -0.15) is 13.2 Å². The van der Waals surface area contributed by atoms with E-state index in [-0.39, 0.29) is 12.1 Å². The van der Waals surface area contributed by atoms with Gasteiger partial charge in [-0.3, -0.25) is 10.3 Å². The van der Waals surface area contributed by atoms with Gasteiger partial charge < -0.3 is 5.32 Å². The van der Waals surface area contributed by atoms with Crippen LogP contribution in [-0.4, -0.2) is 12.0 Å². The van der Waals surface area contributed by atoms with Crippen LogP contribution in [0, 0.1) is 13.8 Å². The molecule has 6 heteroatoms. The van der Waals surface area contributed by atoms with Crippen molar-refractivity contribution >= 4 is 0 Å². The maximum absolute atomic E-state index is 12.9. The number of nitrogens with zero attached hydrogens (tertiary/aromatic N) is 1. The first-order valence-electron chi connectivity index (χ1n) is 11.0. The Kier molecular flexibility index (Phi) is 7.92. The van der Waals surface area contributed by atoms with E-state index in [1.54, 1.807) is 0 Å². The van der Waals surface area contributed by atoms with Gasteiger partial charge in [0.25, 0.3) is 0 Å². The van der Waals surface area contributed by atoms with Crippen LogP contribution in [-0.2, 0) is 12.6 Å². The molecule has 0 aliphatic rings. The Labute approximate surface area is 193 Å². The van der Waals surface area contributed by atoms with E-state index in [9.17, 15) is 13.2 Å². The van der Waals surface area contributed by atoms with Crippen molar-refractivity contribution in [1.29, 1.82) is 0 Å². The van der Waals surface area contributed by atoms with E-state index in [0.29, 0.717) is 12.8 Å². The van der Waals surface area contributed by atoms with Gasteiger partial charge in [0.15, 0.2) is 0 Å². The van der Waals surface area contributed by atoms with Crippen LogP contribution in [0.25, 0.3) is 0 Å². The zero-order valence-electron chi connectivity index (χ0n) is 19.2. The maximum Gasteiger partial charge on any atom is 0.433 e. The zero-order valence-corrected chi connectivity index (χ0v) is 19.2. The first-order chi connectivity index (χ1) is 15.7. The number of alkyl halides is 3. The van der Waals surface area contributed by atoms with E-state index in [1.165, 1.54) is 23.4 Å². The Bertz CT molecular complexity index is 1060. The first kappa shape index (κ1) is 24.5. The van der Waals surface area contributed by atoms with Crippen LogP contribution < -0.4 is 10.6 Å². The molecule has 0 radical (unpaired) electrons. The molecule has 0 aliphatic heterocycles. The van der Waals surface area contributed by atoms with Gasteiger partial charge in [-0.15, -0.1) is 0 Å². The van der Waals surface area contributed by atoms with Crippen LogP contribution >= 0.6 is 0 Å². The summed E-state index contributed by atoms with van der Waals surface area (Å²) in [6.45, 7) is 8.34. The van der Waals surface area contributed by atoms with Crippen LogP contribution in [0.3, 0.4) is 0 Å². The normalized spacial score (nSPS) is 13.4. The summed E-state index contributed by atoms with van der Waals surface area (Å²) in [5.41, 5.74) is 5.35. The molecule has 3 nitrogen and oxygen atoms in total. The van der Waals surface area contributed by atoms with Crippen LogP contribution in [0.15, 0.2) is 79.1 Å². The quantitative estimate of drug-likeness (QED) is 0.391. The van der Waals surface area contributed by atoms with Crippen molar-refractivity contribution in [3.05, 3.63) is 113 Å². The molecule has 1 aromatic heterocycles. The van der Waals surface area contributed by atoms with Gasteiger partial charge >= 0.3 is 6.18 Å². The number of hydrogen-bond donors (Lipinski definition) is 2. The molecule has 2 aromatic carbocycles. The monoisotopic (exact) mass is 453 g/mol. The van der Waals surface area contributed by atoms with Gasteiger partial charge in [-0.05, 0) is 60.6 Å². The lowest BCUT2D eigenvalue weighted by molar-refractivity contribution is -0.141. The third-order valence-corrected chi connectivity index (χ3v) is 5.94. The molecule has 0 saturated heterocycles. The number of aryl methyl sites for hydroxylation is 3. The van der Waals surface area contributed by atoms with Gasteiger partial charge in [-0.25, -0.2) is 0 Å². The number of halogens is 3. The van der Waals surface area contributed by atoms with E-state index in [4.69, 9.17) is 0 Å². The van der Waals surface area contributed by atoms with Crippen molar-refractivity contribution in [2.45, 2.75) is 44.9 Å². The Hall–Kier alpha value is -3.12. The number of rotatable bonds is 9. The van der Waals surface area contributed by atoms with Gasteiger partial charge in [-0.1, -0.05) is 61.2 Å². The van der Waals surface area contributed by atoms with Crippen LogP contribution in [0.2, 0.25) is 0 Å². The molecule has 174 valence electrons. The van der Waals surface area contributed by atoms with Crippen molar-refractivity contribution in [2.75, 3.05) is 7.05 Å². The lowest BCUT2D eigenvalue weighted by Gasteiger charge is -2.28. The largest absolute Gasteiger partial charge is 0.433 e. The summed E-state index contributed by atoms with van der Waals surface area (Å²) >= 11 is 0. The predicted molar refractivity (Wildman–Crippen MR) is 127 cm³/mol. The molecule has 1 heterocycles. The molecular formula is C27H30F3N3. The first-order valence-corrected chi connectivity index (χ1v) is 11.0. The predicted octanol–water partition coefficient (Wildman–Crippen LogP) is 6.46. The summed E-state index contributed by atoms with van der Waals surface area (Å²) in [5, 5.41) is 6.89. The second-order valence-corrected chi connectivity index (χ2v) is 8.27. The summed E-state index contributed by atoms with van der Waals surface area (Å²) in [7, 11) is 1.85. The zero-order chi connectivity index (χ0) is 24.0. The number of likely N-dealkylation sites (N-methyl/N-ethyl adjacent to an activating group) is 1. The summed E-state index contributed by atoms with van der Waals surface area (Å²) in [5.74, 6) is 0. The Balaban J connectivity index is 1.87. The highest BCUT2D eigenvalue weighted by molar-refractivity contribution is 5.33. The fourth-order valence-electron chi connectivity index (χ4n) is 3.77. The SMILES string of the molecule is C=C(NC)C(N[C@H](CCc1ccc(C(F)(F)F)nc1)c1ccc(C)c(C)c1)c1ccccc1. The van der Waals surface area contributed by atoms with Crippen LogP contribution in [0.4, 0.5) is 13.2 Å². The molecule has 0 spiro atoms. The molecule has 0 saturated carbocycles. The molecule has 3 aromatic rings. The number of pyridine rings is 1. The average molecular weight is 454 g/mol. The maximum atomic E-state index is 12.9. The number of benzene rings is 2. The number of aromatic nitrogens is 1. The van der Waals surface area contributed by atoms with Crippen molar-refractivity contribution in [1.82, 2.24) is 15.6 Å². The molecule has 0 amide bonds. The van der Waals surface area contributed by atoms with Gasteiger partial charge in [0, 0.05) is 25.0 Å². The molecule has 0 bridgehead atoms. The molecule has 1 unspecified atom stereocenters.